The van der Waals surface area contributed by atoms with Crippen molar-refractivity contribution in [3.63, 3.8) is 0 Å². The number of nitrogens with one attached hydrogen (secondary N) is 2. The molecule has 3 aromatic carbocycles. The third-order valence-electron chi connectivity index (χ3n) is 6.98. The van der Waals surface area contributed by atoms with E-state index in [-0.39, 0.29) is 5.91 Å². The fourth-order valence-electron chi connectivity index (χ4n) is 5.19. The molecule has 5 rings (SSSR count). The van der Waals surface area contributed by atoms with Crippen molar-refractivity contribution in [2.24, 2.45) is 5.92 Å². The second-order valence-electron chi connectivity index (χ2n) is 9.41. The van der Waals surface area contributed by atoms with Gasteiger partial charge in [0.2, 0.25) is 5.91 Å². The summed E-state index contributed by atoms with van der Waals surface area (Å²) in [6.07, 6.45) is 0.938. The van der Waals surface area contributed by atoms with Crippen molar-refractivity contribution >= 4 is 46.2 Å². The van der Waals surface area contributed by atoms with E-state index in [0.717, 1.165) is 34.5 Å². The van der Waals surface area contributed by atoms with Gasteiger partial charge in [0, 0.05) is 22.0 Å². The first-order valence-electron chi connectivity index (χ1n) is 11.8. The van der Waals surface area contributed by atoms with Crippen molar-refractivity contribution in [2.75, 3.05) is 10.2 Å². The molecule has 0 unspecified atom stereocenters. The summed E-state index contributed by atoms with van der Waals surface area (Å²) < 4.78 is 6.64. The molecule has 1 amide bonds. The first kappa shape index (κ1) is 23.6. The fourth-order valence-corrected chi connectivity index (χ4v) is 5.78. The molecule has 2 bridgehead atoms. The van der Waals surface area contributed by atoms with Crippen molar-refractivity contribution in [3.8, 4) is 5.75 Å². The number of fused-ring (bicyclic) bond motifs is 4. The van der Waals surface area contributed by atoms with Crippen molar-refractivity contribution in [2.45, 2.75) is 45.9 Å². The molecule has 0 spiro atoms. The Morgan fingerprint density at radius 2 is 1.89 bits per heavy atom. The minimum atomic E-state index is -1.07. The maximum Gasteiger partial charge on any atom is 0.236 e. The largest absolute Gasteiger partial charge is 0.467 e. The second-order valence-corrected chi connectivity index (χ2v) is 10.2. The molecule has 180 valence electrons. The molecule has 0 saturated carbocycles. The first-order valence-corrected chi connectivity index (χ1v) is 12.6. The quantitative estimate of drug-likeness (QED) is 0.406. The van der Waals surface area contributed by atoms with Gasteiger partial charge in [0.25, 0.3) is 0 Å². The van der Waals surface area contributed by atoms with Crippen molar-refractivity contribution in [3.05, 3.63) is 87.9 Å². The third-order valence-corrected chi connectivity index (χ3v) is 7.52. The third kappa shape index (κ3) is 4.05. The van der Waals surface area contributed by atoms with Crippen LogP contribution in [0.5, 0.6) is 5.75 Å². The van der Waals surface area contributed by atoms with Crippen LogP contribution in [0.2, 0.25) is 5.02 Å². The smallest absolute Gasteiger partial charge is 0.236 e. The zero-order valence-electron chi connectivity index (χ0n) is 20.2. The zero-order valence-corrected chi connectivity index (χ0v) is 21.8. The van der Waals surface area contributed by atoms with Gasteiger partial charge in [-0.15, -0.1) is 0 Å². The van der Waals surface area contributed by atoms with Gasteiger partial charge in [-0.25, -0.2) is 0 Å². The Hall–Kier alpha value is -3.09. The molecule has 3 aromatic rings. The number of amides is 1. The molecule has 2 N–H and O–H groups in total. The lowest BCUT2D eigenvalue weighted by Gasteiger charge is -2.56. The van der Waals surface area contributed by atoms with Gasteiger partial charge in [-0.05, 0) is 86.9 Å². The van der Waals surface area contributed by atoms with E-state index >= 15 is 0 Å². The number of ether oxygens (including phenoxy) is 1. The number of nitrogens with zero attached hydrogens (tertiary/aromatic N) is 1. The maximum atomic E-state index is 14.0. The number of halogens is 1. The number of anilines is 2. The number of hydrogen-bond acceptors (Lipinski definition) is 3. The highest BCUT2D eigenvalue weighted by Crippen LogP contribution is 2.50. The molecule has 35 heavy (non-hydrogen) atoms. The molecule has 1 fully saturated rings. The van der Waals surface area contributed by atoms with Crippen LogP contribution in [0.4, 0.5) is 11.4 Å². The number of aryl methyl sites for hydroxylation is 3. The van der Waals surface area contributed by atoms with Crippen LogP contribution in [0, 0.1) is 19.8 Å². The van der Waals surface area contributed by atoms with E-state index in [1.54, 1.807) is 6.07 Å². The summed E-state index contributed by atoms with van der Waals surface area (Å²) in [5.41, 5.74) is 4.76. The summed E-state index contributed by atoms with van der Waals surface area (Å²) in [6, 6.07) is 19.3. The lowest BCUT2D eigenvalue weighted by Crippen LogP contribution is -2.72. The van der Waals surface area contributed by atoms with Crippen LogP contribution in [-0.2, 0) is 11.2 Å². The van der Waals surface area contributed by atoms with E-state index in [9.17, 15) is 4.79 Å². The highest BCUT2D eigenvalue weighted by Gasteiger charge is 2.59. The summed E-state index contributed by atoms with van der Waals surface area (Å²) in [5, 5.41) is 7.66. The van der Waals surface area contributed by atoms with Crippen molar-refractivity contribution in [1.82, 2.24) is 5.32 Å². The van der Waals surface area contributed by atoms with Crippen molar-refractivity contribution in [1.29, 1.82) is 0 Å². The topological polar surface area (TPSA) is 53.6 Å². The van der Waals surface area contributed by atoms with Gasteiger partial charge in [-0.3, -0.25) is 9.69 Å². The van der Waals surface area contributed by atoms with Crippen LogP contribution in [0.1, 0.15) is 42.1 Å². The van der Waals surface area contributed by atoms with E-state index < -0.39 is 17.7 Å². The highest BCUT2D eigenvalue weighted by atomic mass is 35.5. The van der Waals surface area contributed by atoms with Crippen LogP contribution in [0.15, 0.2) is 60.7 Å². The predicted molar refractivity (Wildman–Crippen MR) is 145 cm³/mol. The summed E-state index contributed by atoms with van der Waals surface area (Å²) >= 11 is 12.2. The molecule has 3 atom stereocenters. The van der Waals surface area contributed by atoms with E-state index in [2.05, 4.69) is 35.8 Å². The van der Waals surface area contributed by atoms with Gasteiger partial charge in [0.1, 0.15) is 11.7 Å². The van der Waals surface area contributed by atoms with E-state index in [4.69, 9.17) is 28.6 Å². The van der Waals surface area contributed by atoms with Crippen LogP contribution >= 0.6 is 23.8 Å². The molecule has 1 saturated heterocycles. The number of hydrogen-bond donors (Lipinski definition) is 2. The Bertz CT molecular complexity index is 1330. The number of benzene rings is 3. The summed E-state index contributed by atoms with van der Waals surface area (Å²) in [5.74, 6) is -0.0883. The number of carbonyl (C=O) groups excluding carboxylic acids is 1. The van der Waals surface area contributed by atoms with Gasteiger partial charge in [0.05, 0.1) is 6.04 Å². The Balaban J connectivity index is 1.61. The normalized spacial score (nSPS) is 22.7. The molecular formula is C28H28ClN3O2S. The van der Waals surface area contributed by atoms with Gasteiger partial charge in [-0.2, -0.15) is 0 Å². The lowest BCUT2D eigenvalue weighted by atomic mass is 9.78. The molecule has 2 aliphatic heterocycles. The number of carbonyl (C=O) groups is 1. The molecule has 0 radical (unpaired) electrons. The molecule has 5 nitrogen and oxygen atoms in total. The molecule has 0 aromatic heterocycles. The van der Waals surface area contributed by atoms with E-state index in [1.807, 2.05) is 62.1 Å². The van der Waals surface area contributed by atoms with Crippen molar-refractivity contribution < 1.29 is 9.53 Å². The summed E-state index contributed by atoms with van der Waals surface area (Å²) in [4.78, 5) is 15.9. The molecule has 2 aliphatic rings. The predicted octanol–water partition coefficient (Wildman–Crippen LogP) is 6.32. The number of thiocarbonyl (C=S) groups is 1. The monoisotopic (exact) mass is 505 g/mol. The van der Waals surface area contributed by atoms with E-state index in [1.165, 1.54) is 5.56 Å². The van der Waals surface area contributed by atoms with Crippen LogP contribution in [-0.4, -0.2) is 16.7 Å². The number of rotatable bonds is 4. The standard InChI is InChI=1S/C28H28ClN3O2S/c1-5-18-7-10-20(11-8-18)32-27(35)31-25-21-15-19(29)9-13-23(21)34-28(32,4)24(25)26(33)30-22-12-6-16(2)14-17(22)3/h6-15,24-25H,5H2,1-4H3,(H,30,33)(H,31,35)/t24-,25+,28+/m0/s1. The molecular weight excluding hydrogens is 478 g/mol. The first-order chi connectivity index (χ1) is 16.7. The van der Waals surface area contributed by atoms with Crippen LogP contribution in [0.25, 0.3) is 0 Å². The lowest BCUT2D eigenvalue weighted by molar-refractivity contribution is -0.130. The van der Waals surface area contributed by atoms with Gasteiger partial charge < -0.3 is 15.4 Å². The zero-order chi connectivity index (χ0) is 24.9. The Labute approximate surface area is 216 Å². The average Bonchev–Trinajstić information content (AvgIpc) is 2.81. The maximum absolute atomic E-state index is 14.0. The van der Waals surface area contributed by atoms with Crippen LogP contribution in [0.3, 0.4) is 0 Å². The SMILES string of the molecule is CCc1ccc(N2C(=S)N[C@@H]3c4cc(Cl)ccc4O[C@]2(C)[C@@H]3C(=O)Nc2ccc(C)cc2C)cc1. The molecule has 2 heterocycles. The average molecular weight is 506 g/mol. The Kier molecular flexibility index (Phi) is 5.98. The molecule has 0 aliphatic carbocycles. The summed E-state index contributed by atoms with van der Waals surface area (Å²) in [6.45, 7) is 8.08. The Morgan fingerprint density at radius 3 is 2.57 bits per heavy atom. The minimum absolute atomic E-state index is 0.153. The van der Waals surface area contributed by atoms with Gasteiger partial charge in [-0.1, -0.05) is 48.4 Å². The minimum Gasteiger partial charge on any atom is -0.467 e. The fraction of sp³-hybridized carbons (Fsp3) is 0.286. The molecule has 7 heteroatoms. The summed E-state index contributed by atoms with van der Waals surface area (Å²) in [7, 11) is 0. The van der Waals surface area contributed by atoms with Gasteiger partial charge in [0.15, 0.2) is 10.8 Å². The van der Waals surface area contributed by atoms with Gasteiger partial charge >= 0.3 is 0 Å². The second kappa shape index (κ2) is 8.85. The van der Waals surface area contributed by atoms with Crippen LogP contribution < -0.4 is 20.3 Å². The highest BCUT2D eigenvalue weighted by molar-refractivity contribution is 7.80. The van der Waals surface area contributed by atoms with E-state index in [0.29, 0.717) is 15.9 Å². The Morgan fingerprint density at radius 1 is 1.14 bits per heavy atom.